The van der Waals surface area contributed by atoms with E-state index in [9.17, 15) is 29.7 Å². The van der Waals surface area contributed by atoms with Crippen LogP contribution in [-0.2, 0) is 23.9 Å². The second kappa shape index (κ2) is 9.86. The molecule has 8 heteroatoms. The van der Waals surface area contributed by atoms with Crippen molar-refractivity contribution in [2.24, 2.45) is 28.6 Å². The van der Waals surface area contributed by atoms with Gasteiger partial charge in [0.2, 0.25) is 0 Å². The van der Waals surface area contributed by atoms with E-state index in [1.807, 2.05) is 27.7 Å². The first-order valence-electron chi connectivity index (χ1n) is 14.2. The van der Waals surface area contributed by atoms with Gasteiger partial charge in [-0.2, -0.15) is 0 Å². The molecule has 0 radical (unpaired) electrons. The van der Waals surface area contributed by atoms with Gasteiger partial charge in [0.05, 0.1) is 5.41 Å². The van der Waals surface area contributed by atoms with Gasteiger partial charge in [0, 0.05) is 30.1 Å². The van der Waals surface area contributed by atoms with E-state index in [-0.39, 0.29) is 36.3 Å². The van der Waals surface area contributed by atoms with E-state index in [1.165, 1.54) is 0 Å². The molecule has 4 aliphatic carbocycles. The molecule has 0 aliphatic heterocycles. The number of aliphatic hydroxyl groups excluding tert-OH is 2. The maximum atomic E-state index is 14.5. The Morgan fingerprint density at radius 3 is 2.37 bits per heavy atom. The van der Waals surface area contributed by atoms with Crippen LogP contribution in [0, 0.1) is 28.6 Å². The molecular formula is C30H44O8. The van der Waals surface area contributed by atoms with Crippen LogP contribution in [0.25, 0.3) is 0 Å². The third-order valence-corrected chi connectivity index (χ3v) is 10.0. The highest BCUT2D eigenvalue weighted by Crippen LogP contribution is 2.75. The van der Waals surface area contributed by atoms with Crippen molar-refractivity contribution in [2.75, 3.05) is 6.61 Å². The summed E-state index contributed by atoms with van der Waals surface area (Å²) in [5.41, 5.74) is -4.74. The van der Waals surface area contributed by atoms with Crippen molar-refractivity contribution in [1.29, 1.82) is 0 Å². The summed E-state index contributed by atoms with van der Waals surface area (Å²) in [4.78, 5) is 39.7. The van der Waals surface area contributed by atoms with Crippen LogP contribution in [0.15, 0.2) is 23.3 Å². The first-order valence-corrected chi connectivity index (χ1v) is 14.2. The number of unbranched alkanes of at least 4 members (excludes halogenated alkanes) is 2. The van der Waals surface area contributed by atoms with Crippen molar-refractivity contribution in [3.05, 3.63) is 23.3 Å². The molecule has 212 valence electrons. The minimum absolute atomic E-state index is 0.180. The summed E-state index contributed by atoms with van der Waals surface area (Å²) in [7, 11) is 0. The molecule has 4 aliphatic rings. The summed E-state index contributed by atoms with van der Waals surface area (Å²) in [6.45, 7) is 11.0. The lowest BCUT2D eigenvalue weighted by molar-refractivity contribution is -0.192. The van der Waals surface area contributed by atoms with E-state index >= 15 is 0 Å². The minimum atomic E-state index is -2.25. The average Bonchev–Trinajstić information content (AvgIpc) is 3.26. The van der Waals surface area contributed by atoms with Crippen molar-refractivity contribution in [2.45, 2.75) is 110 Å². The number of esters is 2. The number of hydrogen-bond acceptors (Lipinski definition) is 8. The Kier molecular flexibility index (Phi) is 7.52. The monoisotopic (exact) mass is 532 g/mol. The quantitative estimate of drug-likeness (QED) is 0.234. The van der Waals surface area contributed by atoms with Gasteiger partial charge in [0.15, 0.2) is 5.78 Å². The molecule has 3 N–H and O–H groups in total. The molecule has 38 heavy (non-hydrogen) atoms. The maximum Gasteiger partial charge on any atom is 0.306 e. The predicted octanol–water partition coefficient (Wildman–Crippen LogP) is 3.41. The van der Waals surface area contributed by atoms with Gasteiger partial charge in [-0.15, -0.1) is 0 Å². The summed E-state index contributed by atoms with van der Waals surface area (Å²) in [5, 5.41) is 35.0. The number of aliphatic hydroxyl groups is 3. The van der Waals surface area contributed by atoms with Crippen LogP contribution in [0.1, 0.15) is 86.5 Å². The van der Waals surface area contributed by atoms with Gasteiger partial charge in [0.25, 0.3) is 0 Å². The summed E-state index contributed by atoms with van der Waals surface area (Å²) in [6, 6.07) is 0. The second-order valence-electron chi connectivity index (χ2n) is 12.6. The molecule has 0 aromatic rings. The predicted molar refractivity (Wildman–Crippen MR) is 140 cm³/mol. The third kappa shape index (κ3) is 3.85. The van der Waals surface area contributed by atoms with Crippen molar-refractivity contribution in [3.8, 4) is 0 Å². The van der Waals surface area contributed by atoms with Gasteiger partial charge in [-0.25, -0.2) is 0 Å². The summed E-state index contributed by atoms with van der Waals surface area (Å²) in [5.74, 6) is -2.81. The van der Waals surface area contributed by atoms with E-state index in [1.54, 1.807) is 19.1 Å². The SMILES string of the molecule is CCCCCC(=O)O[C@@]12C[C@@H](C)[C@]34C=C(C)[C@H](O)[C@@]3(O)[C@H](O)C(COC(=O)CCC)=CC(C4=O)[C@@H]1C2(C)C. The van der Waals surface area contributed by atoms with Crippen LogP contribution >= 0.6 is 0 Å². The number of rotatable bonds is 9. The lowest BCUT2D eigenvalue weighted by Gasteiger charge is -2.48. The lowest BCUT2D eigenvalue weighted by atomic mass is 9.59. The van der Waals surface area contributed by atoms with Crippen molar-refractivity contribution in [3.63, 3.8) is 0 Å². The van der Waals surface area contributed by atoms with Gasteiger partial charge in [0.1, 0.15) is 30.0 Å². The largest absolute Gasteiger partial charge is 0.461 e. The lowest BCUT2D eigenvalue weighted by Crippen LogP contribution is -2.65. The summed E-state index contributed by atoms with van der Waals surface area (Å²) in [6.07, 6.45) is 4.13. The number of allylic oxidation sites excluding steroid dienone is 1. The molecule has 2 saturated carbocycles. The molecule has 2 bridgehead atoms. The van der Waals surface area contributed by atoms with E-state index in [0.29, 0.717) is 24.8 Å². The van der Waals surface area contributed by atoms with Crippen LogP contribution in [0.4, 0.5) is 0 Å². The van der Waals surface area contributed by atoms with Gasteiger partial charge < -0.3 is 24.8 Å². The zero-order valence-corrected chi connectivity index (χ0v) is 23.6. The number of hydrogen-bond donors (Lipinski definition) is 3. The summed E-state index contributed by atoms with van der Waals surface area (Å²) < 4.78 is 11.7. The zero-order valence-electron chi connectivity index (χ0n) is 23.6. The van der Waals surface area contributed by atoms with E-state index < -0.39 is 52.0 Å². The summed E-state index contributed by atoms with van der Waals surface area (Å²) >= 11 is 0. The molecule has 0 saturated heterocycles. The molecule has 0 heterocycles. The van der Waals surface area contributed by atoms with Crippen LogP contribution in [-0.4, -0.2) is 63.1 Å². The standard InChI is InChI=1S/C30H44O8/c1-7-9-10-12-22(32)38-29-15-18(4)28-14-17(3)24(33)30(28,36)25(34)19(16-37-21(31)11-8-2)13-20(26(28)35)23(29)27(29,5)6/h13-14,18,20,23-25,33-34,36H,7-12,15-16H2,1-6H3/t18-,20?,23-,24+,25-,28+,29+,30-/m1/s1. The number of fused-ring (bicyclic) bond motifs is 3. The molecule has 1 unspecified atom stereocenters. The van der Waals surface area contributed by atoms with Crippen LogP contribution in [0.3, 0.4) is 0 Å². The van der Waals surface area contributed by atoms with Gasteiger partial charge in [-0.1, -0.05) is 59.6 Å². The van der Waals surface area contributed by atoms with Crippen molar-refractivity contribution >= 4 is 17.7 Å². The van der Waals surface area contributed by atoms with E-state index in [0.717, 1.165) is 19.3 Å². The highest BCUT2D eigenvalue weighted by atomic mass is 16.6. The van der Waals surface area contributed by atoms with Gasteiger partial charge in [-0.05, 0) is 43.3 Å². The fraction of sp³-hybridized carbons (Fsp3) is 0.767. The number of carbonyl (C=O) groups excluding carboxylic acids is 3. The Balaban J connectivity index is 1.81. The molecule has 0 aromatic heterocycles. The Hall–Kier alpha value is -2.03. The number of ketones is 1. The van der Waals surface area contributed by atoms with Gasteiger partial charge in [-0.3, -0.25) is 14.4 Å². The molecule has 8 atom stereocenters. The highest BCUT2D eigenvalue weighted by molar-refractivity contribution is 5.96. The molecule has 2 fully saturated rings. The zero-order chi connectivity index (χ0) is 28.3. The Labute approximate surface area is 225 Å². The first kappa shape index (κ1) is 29.0. The van der Waals surface area contributed by atoms with Crippen molar-refractivity contribution < 1.29 is 39.2 Å². The van der Waals surface area contributed by atoms with Crippen LogP contribution in [0.2, 0.25) is 0 Å². The molecule has 8 nitrogen and oxygen atoms in total. The molecule has 1 spiro atoms. The number of carbonyl (C=O) groups is 3. The van der Waals surface area contributed by atoms with Crippen molar-refractivity contribution in [1.82, 2.24) is 0 Å². The van der Waals surface area contributed by atoms with Gasteiger partial charge >= 0.3 is 11.9 Å². The van der Waals surface area contributed by atoms with E-state index in [2.05, 4.69) is 6.92 Å². The number of Topliss-reactive ketones (excluding diaryl/α,β-unsaturated/α-hetero) is 1. The smallest absolute Gasteiger partial charge is 0.306 e. The van der Waals surface area contributed by atoms with E-state index in [4.69, 9.17) is 9.47 Å². The fourth-order valence-corrected chi connectivity index (χ4v) is 7.93. The topological polar surface area (TPSA) is 130 Å². The highest BCUT2D eigenvalue weighted by Gasteiger charge is 2.83. The first-order chi connectivity index (χ1) is 17.8. The normalized spacial score (nSPS) is 40.7. The fourth-order valence-electron chi connectivity index (χ4n) is 7.93. The Morgan fingerprint density at radius 1 is 1.05 bits per heavy atom. The Bertz CT molecular complexity index is 1060. The molecular weight excluding hydrogens is 488 g/mol. The second-order valence-corrected chi connectivity index (χ2v) is 12.6. The maximum absolute atomic E-state index is 14.5. The molecule has 0 aromatic carbocycles. The van der Waals surface area contributed by atoms with Crippen LogP contribution < -0.4 is 0 Å². The average molecular weight is 533 g/mol. The minimum Gasteiger partial charge on any atom is -0.461 e. The number of ether oxygens (including phenoxy) is 2. The molecule has 0 amide bonds. The van der Waals surface area contributed by atoms with Crippen LogP contribution in [0.5, 0.6) is 0 Å². The third-order valence-electron chi connectivity index (χ3n) is 10.0. The Morgan fingerprint density at radius 2 is 1.74 bits per heavy atom. The molecule has 4 rings (SSSR count).